The van der Waals surface area contributed by atoms with E-state index in [-0.39, 0.29) is 17.9 Å². The van der Waals surface area contributed by atoms with E-state index in [0.29, 0.717) is 37.4 Å². The number of benzene rings is 2. The molecular weight excluding hydrogens is 520 g/mol. The maximum atomic E-state index is 13.6. The summed E-state index contributed by atoms with van der Waals surface area (Å²) in [6, 6.07) is 11.7. The summed E-state index contributed by atoms with van der Waals surface area (Å²) >= 11 is 4.55. The van der Waals surface area contributed by atoms with Crippen LogP contribution in [0.2, 0.25) is 0 Å². The van der Waals surface area contributed by atoms with Gasteiger partial charge in [0.25, 0.3) is 5.56 Å². The number of halogens is 1. The lowest BCUT2D eigenvalue weighted by Crippen LogP contribution is -2.39. The number of phenolic OH excluding ortho intramolecular Hbond substituents is 1. The number of hydrogen-bond donors (Lipinski definition) is 1. The molecule has 0 spiro atoms. The van der Waals surface area contributed by atoms with Crippen LogP contribution in [0.1, 0.15) is 37.9 Å². The van der Waals surface area contributed by atoms with Gasteiger partial charge in [-0.3, -0.25) is 9.36 Å². The fraction of sp³-hybridized carbons (Fsp3) is 0.240. The largest absolute Gasteiger partial charge is 0.507 e. The van der Waals surface area contributed by atoms with E-state index >= 15 is 0 Å². The molecule has 176 valence electrons. The number of esters is 1. The van der Waals surface area contributed by atoms with Crippen LogP contribution in [0.15, 0.2) is 68.0 Å². The van der Waals surface area contributed by atoms with E-state index in [1.165, 1.54) is 11.3 Å². The highest BCUT2D eigenvalue weighted by Crippen LogP contribution is 2.31. The Bertz CT molecular complexity index is 1450. The van der Waals surface area contributed by atoms with Gasteiger partial charge >= 0.3 is 5.97 Å². The number of phenols is 1. The Labute approximate surface area is 208 Å². The summed E-state index contributed by atoms with van der Waals surface area (Å²) in [5, 5.41) is 9.77. The summed E-state index contributed by atoms with van der Waals surface area (Å²) in [6.45, 7) is 6.15. The first-order valence-electron chi connectivity index (χ1n) is 10.7. The summed E-state index contributed by atoms with van der Waals surface area (Å²) in [5.74, 6) is 0.318. The van der Waals surface area contributed by atoms with Gasteiger partial charge in [0.05, 0.1) is 39.5 Å². The van der Waals surface area contributed by atoms with Crippen molar-refractivity contribution in [2.45, 2.75) is 26.8 Å². The number of thiazole rings is 1. The number of hydrogen-bond acceptors (Lipinski definition) is 7. The molecule has 34 heavy (non-hydrogen) atoms. The molecule has 0 saturated heterocycles. The van der Waals surface area contributed by atoms with Gasteiger partial charge in [-0.15, -0.1) is 0 Å². The lowest BCUT2D eigenvalue weighted by atomic mass is 9.96. The first kappa shape index (κ1) is 24.0. The van der Waals surface area contributed by atoms with Crippen molar-refractivity contribution in [2.75, 3.05) is 13.2 Å². The Morgan fingerprint density at radius 1 is 1.21 bits per heavy atom. The molecule has 7 nitrogen and oxygen atoms in total. The number of allylic oxidation sites excluding steroid dienone is 1. The van der Waals surface area contributed by atoms with Crippen LogP contribution in [0, 0.1) is 0 Å². The van der Waals surface area contributed by atoms with Crippen LogP contribution >= 0.6 is 27.3 Å². The molecule has 0 unspecified atom stereocenters. The van der Waals surface area contributed by atoms with Crippen LogP contribution < -0.4 is 19.6 Å². The minimum atomic E-state index is -0.681. The SMILES string of the molecule is CCOC(=O)C1=C(C)N=c2s/c(=C\c3ccc(O)c(Br)c3)c(=O)n2[C@H]1c1ccc(OCC)cc1. The Morgan fingerprint density at radius 2 is 1.94 bits per heavy atom. The number of rotatable bonds is 6. The van der Waals surface area contributed by atoms with Crippen LogP contribution in [0.4, 0.5) is 0 Å². The van der Waals surface area contributed by atoms with Crippen LogP contribution in [0.25, 0.3) is 6.08 Å². The van der Waals surface area contributed by atoms with Crippen molar-refractivity contribution < 1.29 is 19.4 Å². The summed E-state index contributed by atoms with van der Waals surface area (Å²) < 4.78 is 13.4. The van der Waals surface area contributed by atoms with Gasteiger partial charge in [0.1, 0.15) is 11.5 Å². The predicted octanol–water partition coefficient (Wildman–Crippen LogP) is 3.67. The van der Waals surface area contributed by atoms with Gasteiger partial charge in [0.15, 0.2) is 4.80 Å². The molecule has 0 bridgehead atoms. The molecule has 1 aromatic heterocycles. The van der Waals surface area contributed by atoms with E-state index in [1.54, 1.807) is 42.7 Å². The molecule has 1 aliphatic rings. The molecule has 1 aliphatic heterocycles. The lowest BCUT2D eigenvalue weighted by molar-refractivity contribution is -0.139. The summed E-state index contributed by atoms with van der Waals surface area (Å²) in [4.78, 5) is 31.6. The number of ether oxygens (including phenoxy) is 2. The molecule has 1 N–H and O–H groups in total. The average molecular weight is 543 g/mol. The fourth-order valence-electron chi connectivity index (χ4n) is 3.78. The van der Waals surface area contributed by atoms with Gasteiger partial charge in [-0.05, 0) is 78.2 Å². The Balaban J connectivity index is 1.91. The summed E-state index contributed by atoms with van der Waals surface area (Å²) in [5.41, 5.74) is 2.07. The van der Waals surface area contributed by atoms with E-state index in [9.17, 15) is 14.7 Å². The van der Waals surface area contributed by atoms with E-state index in [1.807, 2.05) is 31.2 Å². The van der Waals surface area contributed by atoms with Crippen molar-refractivity contribution in [2.24, 2.45) is 4.99 Å². The third kappa shape index (κ3) is 4.58. The number of aromatic hydroxyl groups is 1. The Morgan fingerprint density at radius 3 is 2.59 bits per heavy atom. The van der Waals surface area contributed by atoms with Gasteiger partial charge in [0.2, 0.25) is 0 Å². The molecule has 0 saturated carbocycles. The van der Waals surface area contributed by atoms with Crippen LogP contribution in [0.5, 0.6) is 11.5 Å². The van der Waals surface area contributed by atoms with Crippen molar-refractivity contribution in [3.63, 3.8) is 0 Å². The van der Waals surface area contributed by atoms with Gasteiger partial charge in [0, 0.05) is 0 Å². The number of nitrogens with zero attached hydrogens (tertiary/aromatic N) is 2. The van der Waals surface area contributed by atoms with Gasteiger partial charge in [-0.1, -0.05) is 29.5 Å². The average Bonchev–Trinajstić information content (AvgIpc) is 3.10. The highest BCUT2D eigenvalue weighted by atomic mass is 79.9. The van der Waals surface area contributed by atoms with Crippen molar-refractivity contribution in [3.8, 4) is 11.5 Å². The van der Waals surface area contributed by atoms with E-state index in [2.05, 4.69) is 20.9 Å². The smallest absolute Gasteiger partial charge is 0.338 e. The predicted molar refractivity (Wildman–Crippen MR) is 134 cm³/mol. The van der Waals surface area contributed by atoms with Crippen molar-refractivity contribution in [3.05, 3.63) is 89.0 Å². The zero-order valence-electron chi connectivity index (χ0n) is 18.9. The number of carbonyl (C=O) groups excluding carboxylic acids is 1. The quantitative estimate of drug-likeness (QED) is 0.480. The first-order valence-corrected chi connectivity index (χ1v) is 12.4. The van der Waals surface area contributed by atoms with Crippen LogP contribution in [0.3, 0.4) is 0 Å². The topological polar surface area (TPSA) is 90.1 Å². The van der Waals surface area contributed by atoms with E-state index < -0.39 is 12.0 Å². The Hall–Kier alpha value is -3.17. The minimum Gasteiger partial charge on any atom is -0.507 e. The van der Waals surface area contributed by atoms with Crippen molar-refractivity contribution in [1.29, 1.82) is 0 Å². The Kier molecular flexibility index (Phi) is 7.04. The molecule has 2 heterocycles. The van der Waals surface area contributed by atoms with Gasteiger partial charge in [-0.25, -0.2) is 9.79 Å². The third-order valence-corrected chi connectivity index (χ3v) is 6.91. The molecule has 3 aromatic rings. The second kappa shape index (κ2) is 9.99. The van der Waals surface area contributed by atoms with E-state index in [4.69, 9.17) is 9.47 Å². The second-order valence-corrected chi connectivity index (χ2v) is 9.38. The van der Waals surface area contributed by atoms with Gasteiger partial charge < -0.3 is 14.6 Å². The van der Waals surface area contributed by atoms with Crippen molar-refractivity contribution in [1.82, 2.24) is 4.57 Å². The maximum Gasteiger partial charge on any atom is 0.338 e. The molecule has 0 aliphatic carbocycles. The zero-order chi connectivity index (χ0) is 24.4. The minimum absolute atomic E-state index is 0.115. The molecule has 9 heteroatoms. The molecule has 0 radical (unpaired) electrons. The van der Waals surface area contributed by atoms with Crippen LogP contribution in [-0.2, 0) is 9.53 Å². The maximum absolute atomic E-state index is 13.6. The van der Waals surface area contributed by atoms with Crippen molar-refractivity contribution >= 4 is 39.3 Å². The third-order valence-electron chi connectivity index (χ3n) is 5.29. The molecule has 0 fully saturated rings. The monoisotopic (exact) mass is 542 g/mol. The fourth-order valence-corrected chi connectivity index (χ4v) is 5.23. The standard InChI is InChI=1S/C25H23BrN2O5S/c1-4-32-17-9-7-16(8-10-17)22-21(24(31)33-5-2)14(3)27-25-28(22)23(30)20(34-25)13-15-6-11-19(29)18(26)12-15/h6-13,22,29H,4-5H2,1-3H3/b20-13-/t22-/m0/s1. The first-order chi connectivity index (χ1) is 16.3. The van der Waals surface area contributed by atoms with Crippen LogP contribution in [-0.4, -0.2) is 28.9 Å². The number of fused-ring (bicyclic) bond motifs is 1. The molecule has 1 atom stereocenters. The number of carbonyl (C=O) groups is 1. The highest BCUT2D eigenvalue weighted by Gasteiger charge is 2.33. The molecule has 4 rings (SSSR count). The number of aromatic nitrogens is 1. The summed E-state index contributed by atoms with van der Waals surface area (Å²) in [6.07, 6.45) is 1.74. The second-order valence-electron chi connectivity index (χ2n) is 7.52. The lowest BCUT2D eigenvalue weighted by Gasteiger charge is -2.24. The van der Waals surface area contributed by atoms with E-state index in [0.717, 1.165) is 11.1 Å². The normalized spacial score (nSPS) is 15.6. The summed E-state index contributed by atoms with van der Waals surface area (Å²) in [7, 11) is 0. The molecule has 0 amide bonds. The molecular formula is C25H23BrN2O5S. The van der Waals surface area contributed by atoms with Gasteiger partial charge in [-0.2, -0.15) is 0 Å². The zero-order valence-corrected chi connectivity index (χ0v) is 21.3. The molecule has 2 aromatic carbocycles. The highest BCUT2D eigenvalue weighted by molar-refractivity contribution is 9.10.